The molecule has 2 N–H and O–H groups in total. The number of hydrogen-bond acceptors (Lipinski definition) is 5. The summed E-state index contributed by atoms with van der Waals surface area (Å²) >= 11 is 0. The van der Waals surface area contributed by atoms with Crippen molar-refractivity contribution >= 4 is 29.2 Å². The molecule has 2 atom stereocenters. The first-order valence-corrected chi connectivity index (χ1v) is 13.3. The number of fused-ring (bicyclic) bond motifs is 3. The van der Waals surface area contributed by atoms with Crippen LogP contribution >= 0.6 is 0 Å². The Hall–Kier alpha value is -4.20. The van der Waals surface area contributed by atoms with Gasteiger partial charge in [-0.1, -0.05) is 38.1 Å². The van der Waals surface area contributed by atoms with E-state index in [0.717, 1.165) is 40.8 Å². The topological polar surface area (TPSA) is 101 Å². The van der Waals surface area contributed by atoms with Crippen LogP contribution in [0.4, 0.5) is 11.5 Å². The first-order valence-electron chi connectivity index (χ1n) is 13.3. The van der Waals surface area contributed by atoms with E-state index in [0.29, 0.717) is 24.3 Å². The maximum atomic E-state index is 13.5. The summed E-state index contributed by atoms with van der Waals surface area (Å²) in [6.07, 6.45) is 4.33. The summed E-state index contributed by atoms with van der Waals surface area (Å²) in [7, 11) is 1.62. The molecule has 200 valence electrons. The van der Waals surface area contributed by atoms with Crippen LogP contribution in [-0.2, 0) is 32.6 Å². The Morgan fingerprint density at radius 2 is 1.92 bits per heavy atom. The fraction of sp³-hybridized carbons (Fsp3) is 0.355. The zero-order valence-electron chi connectivity index (χ0n) is 22.4. The number of nitrogens with one attached hydrogen (secondary N) is 2. The largest absolute Gasteiger partial charge is 0.497 e. The second-order valence-corrected chi connectivity index (χ2v) is 11.5. The number of pyridine rings is 1. The number of ether oxygens (including phenoxy) is 1. The van der Waals surface area contributed by atoms with Gasteiger partial charge in [-0.25, -0.2) is 4.98 Å². The molecule has 3 aromatic rings. The molecule has 2 aromatic carbocycles. The smallest absolute Gasteiger partial charge is 0.244 e. The molecular weight excluding hydrogens is 492 g/mol. The highest BCUT2D eigenvalue weighted by Gasteiger charge is 2.51. The van der Waals surface area contributed by atoms with Crippen LogP contribution in [0, 0.1) is 5.41 Å². The lowest BCUT2D eigenvalue weighted by atomic mass is 9.78. The number of piperidine rings is 1. The van der Waals surface area contributed by atoms with Crippen LogP contribution < -0.4 is 15.4 Å². The van der Waals surface area contributed by atoms with E-state index in [2.05, 4.69) is 15.6 Å². The van der Waals surface area contributed by atoms with Crippen molar-refractivity contribution in [3.8, 4) is 5.75 Å². The molecule has 6 rings (SSSR count). The first-order chi connectivity index (χ1) is 18.7. The van der Waals surface area contributed by atoms with Crippen molar-refractivity contribution in [2.24, 2.45) is 5.41 Å². The van der Waals surface area contributed by atoms with Crippen LogP contribution in [0.5, 0.6) is 5.75 Å². The third kappa shape index (κ3) is 4.24. The molecule has 3 aliphatic rings. The molecule has 1 saturated heterocycles. The van der Waals surface area contributed by atoms with E-state index in [9.17, 15) is 14.4 Å². The summed E-state index contributed by atoms with van der Waals surface area (Å²) in [6, 6.07) is 17.1. The van der Waals surface area contributed by atoms with E-state index in [4.69, 9.17) is 4.74 Å². The van der Waals surface area contributed by atoms with E-state index in [-0.39, 0.29) is 30.3 Å². The molecule has 0 unspecified atom stereocenters. The van der Waals surface area contributed by atoms with Crippen molar-refractivity contribution in [1.82, 2.24) is 9.88 Å². The number of likely N-dealkylation sites (tertiary alicyclic amines) is 1. The normalized spacial score (nSPS) is 22.8. The van der Waals surface area contributed by atoms with Crippen LogP contribution in [-0.4, -0.2) is 41.3 Å². The molecule has 0 bridgehead atoms. The predicted molar refractivity (Wildman–Crippen MR) is 147 cm³/mol. The number of hydrogen-bond donors (Lipinski definition) is 2. The zero-order valence-corrected chi connectivity index (χ0v) is 22.4. The minimum atomic E-state index is -0.662. The summed E-state index contributed by atoms with van der Waals surface area (Å²) in [5, 5.41) is 5.93. The molecule has 2 aliphatic heterocycles. The van der Waals surface area contributed by atoms with Crippen LogP contribution in [0.15, 0.2) is 60.8 Å². The highest BCUT2D eigenvalue weighted by molar-refractivity contribution is 6.06. The lowest BCUT2D eigenvalue weighted by Crippen LogP contribution is -2.50. The Morgan fingerprint density at radius 1 is 1.10 bits per heavy atom. The first kappa shape index (κ1) is 25.1. The van der Waals surface area contributed by atoms with E-state index >= 15 is 0 Å². The summed E-state index contributed by atoms with van der Waals surface area (Å²) in [5.41, 5.74) is 3.46. The summed E-state index contributed by atoms with van der Waals surface area (Å²) in [4.78, 5) is 45.8. The molecule has 3 heterocycles. The SMILES string of the molecule is COc1cccc([C@@H]2CCC(C)(C)C(=O)N2CC(=O)Nc2ccc3c(c2)C[C@@]2(C3)C(=O)Nc3ncccc32)c1. The summed E-state index contributed by atoms with van der Waals surface area (Å²) in [6.45, 7) is 3.82. The van der Waals surface area contributed by atoms with E-state index in [1.807, 2.05) is 68.4 Å². The Kier molecular flexibility index (Phi) is 5.93. The molecule has 1 spiro atoms. The van der Waals surface area contributed by atoms with Crippen molar-refractivity contribution in [1.29, 1.82) is 0 Å². The quantitative estimate of drug-likeness (QED) is 0.515. The second kappa shape index (κ2) is 9.22. The number of nitrogens with zero attached hydrogens (tertiary/aromatic N) is 2. The van der Waals surface area contributed by atoms with Crippen molar-refractivity contribution in [2.45, 2.75) is 51.0 Å². The summed E-state index contributed by atoms with van der Waals surface area (Å²) < 4.78 is 5.39. The van der Waals surface area contributed by atoms with Gasteiger partial charge in [0, 0.05) is 22.9 Å². The van der Waals surface area contributed by atoms with Gasteiger partial charge < -0.3 is 20.3 Å². The molecule has 0 radical (unpaired) electrons. The van der Waals surface area contributed by atoms with Gasteiger partial charge >= 0.3 is 0 Å². The molecular formula is C31H32N4O4. The molecule has 1 aliphatic carbocycles. The van der Waals surface area contributed by atoms with Crippen LogP contribution in [0.25, 0.3) is 0 Å². The van der Waals surface area contributed by atoms with Crippen LogP contribution in [0.1, 0.15) is 55.0 Å². The molecule has 39 heavy (non-hydrogen) atoms. The number of carbonyl (C=O) groups is 3. The average Bonchev–Trinajstić information content (AvgIpc) is 3.44. The standard InChI is InChI=1S/C31H32N4O4/c1-30(2)12-11-25(19-6-4-7-23(15-19)39-3)35(29(30)38)18-26(36)33-22-10-9-20-16-31(17-21(20)14-22)24-8-5-13-32-27(24)34-28(31)37/h4-10,13-15,25H,11-12,16-18H2,1-3H3,(H,33,36)(H,32,34,37)/t25-,31+/m0/s1. The molecule has 1 aromatic heterocycles. The Bertz CT molecular complexity index is 1500. The number of carbonyl (C=O) groups excluding carboxylic acids is 3. The minimum Gasteiger partial charge on any atom is -0.497 e. The van der Waals surface area contributed by atoms with E-state index < -0.39 is 10.8 Å². The third-order valence-corrected chi connectivity index (χ3v) is 8.52. The fourth-order valence-corrected chi connectivity index (χ4v) is 6.37. The number of methoxy groups -OCH3 is 1. The number of benzene rings is 2. The van der Waals surface area contributed by atoms with Gasteiger partial charge in [0.25, 0.3) is 0 Å². The van der Waals surface area contributed by atoms with Gasteiger partial charge in [0.2, 0.25) is 17.7 Å². The maximum absolute atomic E-state index is 13.5. The molecule has 1 fully saturated rings. The van der Waals surface area contributed by atoms with Crippen molar-refractivity contribution in [3.63, 3.8) is 0 Å². The predicted octanol–water partition coefficient (Wildman–Crippen LogP) is 4.41. The second-order valence-electron chi connectivity index (χ2n) is 11.5. The van der Waals surface area contributed by atoms with Crippen LogP contribution in [0.2, 0.25) is 0 Å². The Labute approximate surface area is 227 Å². The lowest BCUT2D eigenvalue weighted by molar-refractivity contribution is -0.150. The highest BCUT2D eigenvalue weighted by Crippen LogP contribution is 2.47. The van der Waals surface area contributed by atoms with E-state index in [1.54, 1.807) is 18.2 Å². The Balaban J connectivity index is 1.21. The monoisotopic (exact) mass is 524 g/mol. The van der Waals surface area contributed by atoms with Crippen LogP contribution in [0.3, 0.4) is 0 Å². The molecule has 0 saturated carbocycles. The van der Waals surface area contributed by atoms with Gasteiger partial charge in [0.15, 0.2) is 0 Å². The lowest BCUT2D eigenvalue weighted by Gasteiger charge is -2.43. The van der Waals surface area contributed by atoms with Gasteiger partial charge in [-0.3, -0.25) is 14.4 Å². The van der Waals surface area contributed by atoms with Gasteiger partial charge in [-0.2, -0.15) is 0 Å². The average molecular weight is 525 g/mol. The fourth-order valence-electron chi connectivity index (χ4n) is 6.37. The van der Waals surface area contributed by atoms with Crippen molar-refractivity contribution in [2.75, 3.05) is 24.3 Å². The number of rotatable bonds is 5. The van der Waals surface area contributed by atoms with Gasteiger partial charge in [-0.15, -0.1) is 0 Å². The van der Waals surface area contributed by atoms with Crippen molar-refractivity contribution < 1.29 is 19.1 Å². The number of amides is 3. The third-order valence-electron chi connectivity index (χ3n) is 8.52. The summed E-state index contributed by atoms with van der Waals surface area (Å²) in [5.74, 6) is 1.03. The Morgan fingerprint density at radius 3 is 2.74 bits per heavy atom. The molecule has 8 heteroatoms. The maximum Gasteiger partial charge on any atom is 0.244 e. The minimum absolute atomic E-state index is 0.0344. The molecule has 3 amide bonds. The van der Waals surface area contributed by atoms with Crippen molar-refractivity contribution in [3.05, 3.63) is 83.0 Å². The molecule has 8 nitrogen and oxygen atoms in total. The number of aromatic nitrogens is 1. The number of anilines is 2. The highest BCUT2D eigenvalue weighted by atomic mass is 16.5. The van der Waals surface area contributed by atoms with Gasteiger partial charge in [0.05, 0.1) is 18.6 Å². The zero-order chi connectivity index (χ0) is 27.4. The van der Waals surface area contributed by atoms with Gasteiger partial charge in [0.1, 0.15) is 18.1 Å². The van der Waals surface area contributed by atoms with Gasteiger partial charge in [-0.05, 0) is 72.7 Å². The van der Waals surface area contributed by atoms with E-state index in [1.165, 1.54) is 0 Å².